The quantitative estimate of drug-likeness (QED) is 0.315. The topological polar surface area (TPSA) is 40.5 Å². The summed E-state index contributed by atoms with van der Waals surface area (Å²) in [7, 11) is 0. The van der Waals surface area contributed by atoms with Gasteiger partial charge in [-0.05, 0) is 49.7 Å². The van der Waals surface area contributed by atoms with E-state index < -0.39 is 0 Å². The fraction of sp³-hybridized carbons (Fsp3) is 0.714. The van der Waals surface area contributed by atoms with Crippen molar-refractivity contribution in [2.24, 2.45) is 0 Å². The van der Waals surface area contributed by atoms with Crippen LogP contribution in [-0.4, -0.2) is 10.2 Å². The summed E-state index contributed by atoms with van der Waals surface area (Å²) in [6.07, 6.45) is 12.9. The third kappa shape index (κ3) is 5.88. The van der Waals surface area contributed by atoms with Crippen molar-refractivity contribution in [2.75, 3.05) is 0 Å². The van der Waals surface area contributed by atoms with Gasteiger partial charge in [0, 0.05) is 5.56 Å². The molecule has 1 rings (SSSR count). The molecule has 0 saturated heterocycles. The number of hydrogen-bond acceptors (Lipinski definition) is 2. The molecule has 2 N–H and O–H groups in total. The fourth-order valence-electron chi connectivity index (χ4n) is 3.33. The molecule has 0 aliphatic heterocycles. The number of phenols is 2. The van der Waals surface area contributed by atoms with E-state index >= 15 is 0 Å². The monoisotopic (exact) mass is 354 g/mol. The molecular weight excluding hydrogens is 320 g/mol. The van der Waals surface area contributed by atoms with Gasteiger partial charge in [0.25, 0.3) is 0 Å². The number of halogens is 1. The van der Waals surface area contributed by atoms with Crippen molar-refractivity contribution in [3.05, 3.63) is 21.7 Å². The lowest BCUT2D eigenvalue weighted by molar-refractivity contribution is 0.397. The molecule has 1 aromatic rings. The molecule has 2 nitrogen and oxygen atoms in total. The van der Waals surface area contributed by atoms with E-state index in [2.05, 4.69) is 20.8 Å². The Kier molecular flexibility index (Phi) is 10.2. The van der Waals surface area contributed by atoms with Crippen LogP contribution in [0.1, 0.15) is 95.2 Å². The van der Waals surface area contributed by atoms with Crippen molar-refractivity contribution in [3.8, 4) is 11.5 Å². The first-order chi connectivity index (χ1) is 11.6. The van der Waals surface area contributed by atoms with E-state index in [4.69, 9.17) is 11.6 Å². The van der Waals surface area contributed by atoms with Crippen LogP contribution in [0.3, 0.4) is 0 Å². The van der Waals surface area contributed by atoms with Gasteiger partial charge in [0.2, 0.25) is 0 Å². The van der Waals surface area contributed by atoms with Crippen LogP contribution in [0.2, 0.25) is 5.02 Å². The average molecular weight is 355 g/mol. The minimum absolute atomic E-state index is 0.0156. The van der Waals surface area contributed by atoms with Gasteiger partial charge in [-0.1, -0.05) is 70.9 Å². The first kappa shape index (κ1) is 21.2. The Bertz CT molecular complexity index is 460. The van der Waals surface area contributed by atoms with Crippen LogP contribution in [0.25, 0.3) is 0 Å². The van der Waals surface area contributed by atoms with Crippen LogP contribution in [0.5, 0.6) is 11.5 Å². The van der Waals surface area contributed by atoms with Crippen molar-refractivity contribution in [1.82, 2.24) is 0 Å². The Morgan fingerprint density at radius 3 is 1.46 bits per heavy atom. The summed E-state index contributed by atoms with van der Waals surface area (Å²) in [6, 6.07) is 0. The highest BCUT2D eigenvalue weighted by molar-refractivity contribution is 6.33. The van der Waals surface area contributed by atoms with Crippen LogP contribution < -0.4 is 0 Å². The minimum atomic E-state index is -0.117. The SMILES string of the molecule is CCCCCc1c(O)c(O)c(Cl)c(CCCCC)c1CCCCC. The number of benzene rings is 1. The molecule has 0 heterocycles. The van der Waals surface area contributed by atoms with Crippen LogP contribution >= 0.6 is 11.6 Å². The summed E-state index contributed by atoms with van der Waals surface area (Å²) in [6.45, 7) is 6.57. The van der Waals surface area contributed by atoms with Crippen LogP contribution in [0, 0.1) is 0 Å². The highest BCUT2D eigenvalue weighted by Gasteiger charge is 2.21. The lowest BCUT2D eigenvalue weighted by atomic mass is 9.89. The molecule has 1 aromatic carbocycles. The summed E-state index contributed by atoms with van der Waals surface area (Å²) >= 11 is 6.42. The standard InChI is InChI=1S/C21H35ClO2/c1-4-7-10-13-16-17(14-11-8-5-2)19(22)21(24)20(23)18(16)15-12-9-6-3/h23-24H,4-15H2,1-3H3. The fourth-order valence-corrected chi connectivity index (χ4v) is 3.63. The van der Waals surface area contributed by atoms with Crippen LogP contribution in [0.4, 0.5) is 0 Å². The molecule has 0 amide bonds. The summed E-state index contributed by atoms with van der Waals surface area (Å²) < 4.78 is 0. The molecule has 3 heteroatoms. The Morgan fingerprint density at radius 2 is 1.00 bits per heavy atom. The number of phenolic OH excluding ortho intramolecular Hbond substituents is 2. The zero-order valence-corrected chi connectivity index (χ0v) is 16.5. The second-order valence-electron chi connectivity index (χ2n) is 6.82. The van der Waals surface area contributed by atoms with E-state index in [1.807, 2.05) is 0 Å². The van der Waals surface area contributed by atoms with Gasteiger partial charge in [-0.25, -0.2) is 0 Å². The highest BCUT2D eigenvalue weighted by Crippen LogP contribution is 2.43. The van der Waals surface area contributed by atoms with E-state index in [-0.39, 0.29) is 11.5 Å². The maximum absolute atomic E-state index is 10.5. The van der Waals surface area contributed by atoms with Gasteiger partial charge in [0.05, 0.1) is 5.02 Å². The van der Waals surface area contributed by atoms with Gasteiger partial charge in [0.15, 0.2) is 11.5 Å². The van der Waals surface area contributed by atoms with Crippen molar-refractivity contribution in [1.29, 1.82) is 0 Å². The Morgan fingerprint density at radius 1 is 0.583 bits per heavy atom. The lowest BCUT2D eigenvalue weighted by Gasteiger charge is -2.20. The highest BCUT2D eigenvalue weighted by atomic mass is 35.5. The molecule has 0 unspecified atom stereocenters. The third-order valence-electron chi connectivity index (χ3n) is 4.80. The number of rotatable bonds is 12. The molecule has 0 aliphatic rings. The third-order valence-corrected chi connectivity index (χ3v) is 5.21. The van der Waals surface area contributed by atoms with E-state index in [0.29, 0.717) is 5.02 Å². The zero-order valence-electron chi connectivity index (χ0n) is 15.8. The van der Waals surface area contributed by atoms with Crippen molar-refractivity contribution < 1.29 is 10.2 Å². The van der Waals surface area contributed by atoms with E-state index in [9.17, 15) is 10.2 Å². The number of unbranched alkanes of at least 4 members (excludes halogenated alkanes) is 6. The molecule has 0 bridgehead atoms. The first-order valence-corrected chi connectivity index (χ1v) is 10.2. The van der Waals surface area contributed by atoms with Crippen molar-refractivity contribution in [2.45, 2.75) is 97.8 Å². The molecule has 138 valence electrons. The molecule has 0 saturated carbocycles. The first-order valence-electron chi connectivity index (χ1n) is 9.82. The molecule has 0 fully saturated rings. The van der Waals surface area contributed by atoms with Crippen LogP contribution in [-0.2, 0) is 19.3 Å². The molecular formula is C21H35ClO2. The average Bonchev–Trinajstić information content (AvgIpc) is 2.58. The maximum atomic E-state index is 10.5. The second kappa shape index (κ2) is 11.6. The smallest absolute Gasteiger partial charge is 0.177 e. The molecule has 0 aliphatic carbocycles. The summed E-state index contributed by atoms with van der Waals surface area (Å²) in [5.41, 5.74) is 3.21. The number of hydrogen-bond donors (Lipinski definition) is 2. The molecule has 0 aromatic heterocycles. The Balaban J connectivity index is 3.19. The molecule has 24 heavy (non-hydrogen) atoms. The van der Waals surface area contributed by atoms with Gasteiger partial charge in [-0.2, -0.15) is 0 Å². The summed E-state index contributed by atoms with van der Waals surface area (Å²) in [4.78, 5) is 0. The molecule has 0 atom stereocenters. The molecule has 0 spiro atoms. The Hall–Kier alpha value is -0.890. The Labute approximate surface area is 153 Å². The minimum Gasteiger partial charge on any atom is -0.504 e. The van der Waals surface area contributed by atoms with Gasteiger partial charge < -0.3 is 10.2 Å². The van der Waals surface area contributed by atoms with Crippen molar-refractivity contribution >= 4 is 11.6 Å². The predicted octanol–water partition coefficient (Wildman–Crippen LogP) is 6.95. The second-order valence-corrected chi connectivity index (χ2v) is 7.20. The van der Waals surface area contributed by atoms with Gasteiger partial charge in [0.1, 0.15) is 0 Å². The van der Waals surface area contributed by atoms with E-state index in [0.717, 1.165) is 75.3 Å². The largest absolute Gasteiger partial charge is 0.504 e. The van der Waals surface area contributed by atoms with Crippen molar-refractivity contribution in [3.63, 3.8) is 0 Å². The summed E-state index contributed by atoms with van der Waals surface area (Å²) in [5, 5.41) is 21.1. The van der Waals surface area contributed by atoms with Gasteiger partial charge in [-0.3, -0.25) is 0 Å². The number of aromatic hydroxyl groups is 2. The lowest BCUT2D eigenvalue weighted by Crippen LogP contribution is -2.04. The predicted molar refractivity (Wildman–Crippen MR) is 104 cm³/mol. The van der Waals surface area contributed by atoms with Gasteiger partial charge in [-0.15, -0.1) is 0 Å². The van der Waals surface area contributed by atoms with Crippen LogP contribution in [0.15, 0.2) is 0 Å². The normalized spacial score (nSPS) is 11.2. The summed E-state index contributed by atoms with van der Waals surface area (Å²) in [5.74, 6) is -0.101. The van der Waals surface area contributed by atoms with E-state index in [1.165, 1.54) is 18.4 Å². The van der Waals surface area contributed by atoms with E-state index in [1.54, 1.807) is 0 Å². The maximum Gasteiger partial charge on any atom is 0.177 e. The zero-order chi connectivity index (χ0) is 17.9. The van der Waals surface area contributed by atoms with Gasteiger partial charge >= 0.3 is 0 Å². The molecule has 0 radical (unpaired) electrons.